The molecule has 12 aromatic carbocycles. The molecule has 3 nitrogen and oxygen atoms in total. The second-order valence-electron chi connectivity index (χ2n) is 19.9. The van der Waals surface area contributed by atoms with E-state index in [0.29, 0.717) is 0 Å². The first kappa shape index (κ1) is 42.1. The average Bonchev–Trinajstić information content (AvgIpc) is 4.23. The smallest absolute Gasteiger partial charge is 0.159 e. The number of furan rings is 1. The lowest BCUT2D eigenvalue weighted by molar-refractivity contribution is 0.669. The average molecular weight is 973 g/mol. The van der Waals surface area contributed by atoms with E-state index < -0.39 is 5.41 Å². The van der Waals surface area contributed by atoms with Gasteiger partial charge in [-0.15, -0.1) is 11.3 Å². The van der Waals surface area contributed by atoms with Gasteiger partial charge in [-0.25, -0.2) is 0 Å². The van der Waals surface area contributed by atoms with Crippen LogP contribution in [0.5, 0.6) is 0 Å². The molecule has 0 saturated heterocycles. The Bertz CT molecular complexity index is 4740. The van der Waals surface area contributed by atoms with Crippen LogP contribution >= 0.6 is 11.3 Å². The lowest BCUT2D eigenvalue weighted by Crippen LogP contribution is -2.28. The van der Waals surface area contributed by atoms with E-state index in [2.05, 4.69) is 276 Å². The normalized spacial score (nSPS) is 12.9. The van der Waals surface area contributed by atoms with Gasteiger partial charge in [0.25, 0.3) is 0 Å². The molecule has 0 radical (unpaired) electrons. The molecule has 0 saturated carbocycles. The first-order chi connectivity index (χ1) is 37.2. The molecule has 0 unspecified atom stereocenters. The van der Waals surface area contributed by atoms with Gasteiger partial charge in [0, 0.05) is 64.2 Å². The Balaban J connectivity index is 0.994. The van der Waals surface area contributed by atoms with Gasteiger partial charge in [-0.1, -0.05) is 200 Å². The van der Waals surface area contributed by atoms with Crippen molar-refractivity contribution >= 4 is 103 Å². The molecule has 4 heteroatoms. The molecule has 16 rings (SSSR count). The molecule has 3 aromatic heterocycles. The zero-order valence-electron chi connectivity index (χ0n) is 40.6. The van der Waals surface area contributed by atoms with E-state index in [4.69, 9.17) is 4.42 Å². The lowest BCUT2D eigenvalue weighted by Gasteiger charge is -2.35. The van der Waals surface area contributed by atoms with Crippen molar-refractivity contribution < 1.29 is 4.42 Å². The van der Waals surface area contributed by atoms with Crippen molar-refractivity contribution in [3.63, 3.8) is 0 Å². The third kappa shape index (κ3) is 6.15. The second kappa shape index (κ2) is 16.3. The molecule has 0 amide bonds. The van der Waals surface area contributed by atoms with Crippen LogP contribution in [0.2, 0.25) is 0 Å². The number of nitrogens with zero attached hydrogens (tertiary/aromatic N) is 2. The minimum absolute atomic E-state index is 0.583. The summed E-state index contributed by atoms with van der Waals surface area (Å²) in [5, 5.41) is 9.59. The summed E-state index contributed by atoms with van der Waals surface area (Å²) in [7, 11) is 0. The second-order valence-corrected chi connectivity index (χ2v) is 21.0. The molecule has 0 atom stereocenters. The van der Waals surface area contributed by atoms with Gasteiger partial charge in [0.1, 0.15) is 5.58 Å². The first-order valence-corrected chi connectivity index (χ1v) is 26.5. The molecule has 1 aliphatic carbocycles. The van der Waals surface area contributed by atoms with E-state index in [1.54, 1.807) is 0 Å². The molecule has 350 valence electrons. The summed E-state index contributed by atoms with van der Waals surface area (Å²) in [6, 6.07) is 98.5. The van der Waals surface area contributed by atoms with Gasteiger partial charge in [0.05, 0.1) is 22.1 Å². The fourth-order valence-electron chi connectivity index (χ4n) is 12.8. The summed E-state index contributed by atoms with van der Waals surface area (Å²) in [5.74, 6) is 0. The van der Waals surface area contributed by atoms with Crippen LogP contribution in [0.25, 0.3) is 103 Å². The minimum Gasteiger partial charge on any atom is -0.454 e. The van der Waals surface area contributed by atoms with Gasteiger partial charge in [-0.3, -0.25) is 0 Å². The number of hydrogen-bond donors (Lipinski definition) is 0. The maximum absolute atomic E-state index is 7.14. The first-order valence-electron chi connectivity index (χ1n) is 25.7. The van der Waals surface area contributed by atoms with Crippen molar-refractivity contribution in [3.05, 3.63) is 289 Å². The molecule has 15 aromatic rings. The molecule has 75 heavy (non-hydrogen) atoms. The monoisotopic (exact) mass is 972 g/mol. The van der Waals surface area contributed by atoms with Crippen molar-refractivity contribution in [2.75, 3.05) is 4.90 Å². The highest BCUT2D eigenvalue weighted by Gasteiger charge is 2.46. The van der Waals surface area contributed by atoms with Gasteiger partial charge < -0.3 is 13.9 Å². The Morgan fingerprint density at radius 3 is 1.84 bits per heavy atom. The molecule has 3 heterocycles. The summed E-state index contributed by atoms with van der Waals surface area (Å²) in [4.78, 5) is 2.47. The third-order valence-electron chi connectivity index (χ3n) is 16.0. The highest BCUT2D eigenvalue weighted by Crippen LogP contribution is 2.58. The van der Waals surface area contributed by atoms with Gasteiger partial charge in [-0.05, 0) is 117 Å². The van der Waals surface area contributed by atoms with E-state index in [1.165, 1.54) is 80.6 Å². The summed E-state index contributed by atoms with van der Waals surface area (Å²) >= 11 is 1.85. The highest BCUT2D eigenvalue weighted by atomic mass is 32.1. The fraction of sp³-hybridized carbons (Fsp3) is 0.0141. The van der Waals surface area contributed by atoms with Crippen LogP contribution in [0.1, 0.15) is 22.3 Å². The van der Waals surface area contributed by atoms with Crippen LogP contribution in [0.4, 0.5) is 17.1 Å². The number of benzene rings is 12. The molecule has 0 spiro atoms. The van der Waals surface area contributed by atoms with Gasteiger partial charge in [-0.2, -0.15) is 0 Å². The van der Waals surface area contributed by atoms with Crippen molar-refractivity contribution in [2.24, 2.45) is 0 Å². The summed E-state index contributed by atoms with van der Waals surface area (Å²) < 4.78 is 12.1. The fourth-order valence-corrected chi connectivity index (χ4v) is 13.9. The maximum Gasteiger partial charge on any atom is 0.159 e. The largest absolute Gasteiger partial charge is 0.454 e. The lowest BCUT2D eigenvalue weighted by atomic mass is 9.67. The van der Waals surface area contributed by atoms with E-state index >= 15 is 0 Å². The molecule has 0 fully saturated rings. The number of thiophene rings is 1. The van der Waals surface area contributed by atoms with Crippen LogP contribution in [0.15, 0.2) is 271 Å². The quantitative estimate of drug-likeness (QED) is 0.159. The zero-order chi connectivity index (χ0) is 49.2. The van der Waals surface area contributed by atoms with Gasteiger partial charge in [0.15, 0.2) is 5.58 Å². The predicted molar refractivity (Wildman–Crippen MR) is 316 cm³/mol. The van der Waals surface area contributed by atoms with Crippen LogP contribution in [-0.2, 0) is 5.41 Å². The standard InChI is InChI=1S/C71H44N2OS/c1-4-19-48(20-5-1)71(49-21-6-2-7-22-49)62-29-15-12-26-54(62)55-38-34-51(43-63(55)71)72(52-35-39-59-58-28-14-17-31-67(58)75-68(59)44-52)65-42-47(40-61-57-27-13-16-30-66(57)74-70(61)65)46-33-36-56-60-37-32-45-18-10-11-25-53(45)69(60)73(64(56)41-46)50-23-8-3-9-24-50/h1-44H. The number of fused-ring (bicyclic) bond motifs is 14. The summed E-state index contributed by atoms with van der Waals surface area (Å²) in [6.07, 6.45) is 0. The Hall–Kier alpha value is -9.48. The number of hydrogen-bond acceptors (Lipinski definition) is 3. The molecule has 1 aliphatic rings. The Morgan fingerprint density at radius 2 is 1.01 bits per heavy atom. The van der Waals surface area contributed by atoms with Crippen molar-refractivity contribution in [2.45, 2.75) is 5.41 Å². The van der Waals surface area contributed by atoms with E-state index in [9.17, 15) is 0 Å². The van der Waals surface area contributed by atoms with Crippen LogP contribution in [0, 0.1) is 0 Å². The summed E-state index contributed by atoms with van der Waals surface area (Å²) in [5.41, 5.74) is 17.4. The Labute approximate surface area is 437 Å². The SMILES string of the molecule is c1ccc(-n2c3cc(-c4cc(N(c5ccc6c(c5)C(c5ccccc5)(c5ccccc5)c5ccccc5-6)c5ccc6c(c5)sc5ccccc56)c5oc6ccccc6c5c4)ccc3c3ccc4ccccc4c32)cc1. The van der Waals surface area contributed by atoms with E-state index in [-0.39, 0.29) is 0 Å². The third-order valence-corrected chi connectivity index (χ3v) is 17.2. The minimum atomic E-state index is -0.583. The van der Waals surface area contributed by atoms with Crippen LogP contribution < -0.4 is 4.90 Å². The molecule has 0 aliphatic heterocycles. The van der Waals surface area contributed by atoms with E-state index in [1.807, 2.05) is 11.3 Å². The van der Waals surface area contributed by atoms with Gasteiger partial charge >= 0.3 is 0 Å². The van der Waals surface area contributed by atoms with Crippen LogP contribution in [-0.4, -0.2) is 4.57 Å². The van der Waals surface area contributed by atoms with Crippen molar-refractivity contribution in [1.82, 2.24) is 4.57 Å². The van der Waals surface area contributed by atoms with Gasteiger partial charge in [0.2, 0.25) is 0 Å². The van der Waals surface area contributed by atoms with E-state index in [0.717, 1.165) is 61.3 Å². The number of anilines is 3. The topological polar surface area (TPSA) is 21.3 Å². The Kier molecular flexibility index (Phi) is 9.12. The molecule has 0 bridgehead atoms. The molecular formula is C71H44N2OS. The molecular weight excluding hydrogens is 929 g/mol. The maximum atomic E-state index is 7.14. The number of para-hydroxylation sites is 2. The van der Waals surface area contributed by atoms with Crippen LogP contribution in [0.3, 0.4) is 0 Å². The zero-order valence-corrected chi connectivity index (χ0v) is 41.4. The molecule has 0 N–H and O–H groups in total. The van der Waals surface area contributed by atoms with Crippen molar-refractivity contribution in [3.8, 4) is 27.9 Å². The predicted octanol–water partition coefficient (Wildman–Crippen LogP) is 19.7. The van der Waals surface area contributed by atoms with Crippen molar-refractivity contribution in [1.29, 1.82) is 0 Å². The Morgan fingerprint density at radius 1 is 0.387 bits per heavy atom. The number of aromatic nitrogens is 1. The summed E-state index contributed by atoms with van der Waals surface area (Å²) in [6.45, 7) is 0. The number of rotatable bonds is 7. The highest BCUT2D eigenvalue weighted by molar-refractivity contribution is 7.25.